The van der Waals surface area contributed by atoms with Crippen molar-refractivity contribution < 1.29 is 22.8 Å². The Labute approximate surface area is 189 Å². The molecule has 0 aliphatic carbocycles. The Kier molecular flexibility index (Phi) is 8.25. The molecular weight excluding hydrogens is 432 g/mol. The number of primary amides is 1. The van der Waals surface area contributed by atoms with E-state index in [1.165, 1.54) is 4.31 Å². The van der Waals surface area contributed by atoms with Gasteiger partial charge in [-0.3, -0.25) is 14.4 Å². The minimum atomic E-state index is -3.72. The van der Waals surface area contributed by atoms with Crippen LogP contribution in [-0.4, -0.2) is 68.1 Å². The van der Waals surface area contributed by atoms with E-state index in [1.807, 2.05) is 0 Å². The molecule has 0 radical (unpaired) electrons. The number of carbonyl (C=O) groups is 3. The summed E-state index contributed by atoms with van der Waals surface area (Å²) in [7, 11) is -3.72. The minimum Gasteiger partial charge on any atom is -0.369 e. The molecule has 176 valence electrons. The third-order valence-electron chi connectivity index (χ3n) is 6.30. The van der Waals surface area contributed by atoms with Gasteiger partial charge in [0.15, 0.2) is 0 Å². The molecule has 10 heteroatoms. The highest BCUT2D eigenvalue weighted by Crippen LogP contribution is 2.23. The van der Waals surface area contributed by atoms with Gasteiger partial charge >= 0.3 is 0 Å². The van der Waals surface area contributed by atoms with E-state index in [2.05, 4.69) is 5.32 Å². The molecule has 1 aromatic rings. The predicted molar refractivity (Wildman–Crippen MR) is 119 cm³/mol. The second-order valence-electron chi connectivity index (χ2n) is 8.45. The summed E-state index contributed by atoms with van der Waals surface area (Å²) in [4.78, 5) is 38.7. The van der Waals surface area contributed by atoms with Crippen LogP contribution >= 0.6 is 0 Å². The predicted octanol–water partition coefficient (Wildman–Crippen LogP) is 0.708. The van der Waals surface area contributed by atoms with Gasteiger partial charge in [-0.25, -0.2) is 8.42 Å². The fraction of sp³-hybridized carbons (Fsp3) is 0.591. The zero-order valence-corrected chi connectivity index (χ0v) is 19.1. The molecule has 0 spiro atoms. The van der Waals surface area contributed by atoms with Crippen LogP contribution in [0.1, 0.15) is 38.5 Å². The van der Waals surface area contributed by atoms with Crippen LogP contribution in [0.3, 0.4) is 0 Å². The van der Waals surface area contributed by atoms with Crippen LogP contribution in [0.2, 0.25) is 0 Å². The molecule has 0 aromatic heterocycles. The SMILES string of the molecule is NC(=O)C1CCN(C(=O)C2CCCN(S(=O)(=O)c3ccccc3)CCC(=O)NCC2)CC1. The van der Waals surface area contributed by atoms with Crippen molar-refractivity contribution in [1.82, 2.24) is 14.5 Å². The lowest BCUT2D eigenvalue weighted by Crippen LogP contribution is -2.44. The summed E-state index contributed by atoms with van der Waals surface area (Å²) < 4.78 is 27.5. The summed E-state index contributed by atoms with van der Waals surface area (Å²) in [6, 6.07) is 8.18. The van der Waals surface area contributed by atoms with E-state index in [1.54, 1.807) is 35.2 Å². The largest absolute Gasteiger partial charge is 0.369 e. The highest BCUT2D eigenvalue weighted by atomic mass is 32.2. The number of piperidine rings is 1. The summed E-state index contributed by atoms with van der Waals surface area (Å²) in [5.41, 5.74) is 5.38. The monoisotopic (exact) mass is 464 g/mol. The van der Waals surface area contributed by atoms with Gasteiger partial charge in [0.1, 0.15) is 0 Å². The first-order valence-corrected chi connectivity index (χ1v) is 12.6. The Morgan fingerprint density at radius 3 is 2.28 bits per heavy atom. The topological polar surface area (TPSA) is 130 Å². The maximum Gasteiger partial charge on any atom is 0.243 e. The third kappa shape index (κ3) is 6.07. The van der Waals surface area contributed by atoms with Crippen molar-refractivity contribution in [2.24, 2.45) is 17.6 Å². The number of hydrogen-bond donors (Lipinski definition) is 2. The molecule has 1 atom stereocenters. The number of likely N-dealkylation sites (tertiary alicyclic amines) is 1. The van der Waals surface area contributed by atoms with Gasteiger partial charge in [0.25, 0.3) is 0 Å². The lowest BCUT2D eigenvalue weighted by atomic mass is 9.93. The Balaban J connectivity index is 1.68. The first kappa shape index (κ1) is 24.2. The number of nitrogens with two attached hydrogens (primary N) is 1. The lowest BCUT2D eigenvalue weighted by Gasteiger charge is -2.33. The van der Waals surface area contributed by atoms with Crippen molar-refractivity contribution in [3.63, 3.8) is 0 Å². The number of rotatable bonds is 4. The highest BCUT2D eigenvalue weighted by Gasteiger charge is 2.31. The Morgan fingerprint density at radius 1 is 0.938 bits per heavy atom. The quantitative estimate of drug-likeness (QED) is 0.678. The maximum absolute atomic E-state index is 13.1. The van der Waals surface area contributed by atoms with E-state index in [9.17, 15) is 22.8 Å². The number of hydrogen-bond acceptors (Lipinski definition) is 5. The fourth-order valence-corrected chi connectivity index (χ4v) is 5.84. The average molecular weight is 465 g/mol. The molecule has 2 saturated heterocycles. The van der Waals surface area contributed by atoms with Crippen molar-refractivity contribution >= 4 is 27.7 Å². The van der Waals surface area contributed by atoms with Gasteiger partial charge in [0, 0.05) is 51.0 Å². The number of carbonyl (C=O) groups excluding carboxylic acids is 3. The number of amides is 3. The summed E-state index contributed by atoms with van der Waals surface area (Å²) in [5, 5.41) is 2.81. The van der Waals surface area contributed by atoms with E-state index in [0.717, 1.165) is 0 Å². The molecule has 1 aromatic carbocycles. The van der Waals surface area contributed by atoms with Crippen LogP contribution in [0.4, 0.5) is 0 Å². The minimum absolute atomic E-state index is 0.00103. The molecule has 3 rings (SSSR count). The zero-order chi connectivity index (χ0) is 23.1. The molecule has 0 saturated carbocycles. The molecule has 3 N–H and O–H groups in total. The van der Waals surface area contributed by atoms with Gasteiger partial charge in [0.05, 0.1) is 4.90 Å². The van der Waals surface area contributed by atoms with Gasteiger partial charge in [-0.05, 0) is 44.2 Å². The number of nitrogens with zero attached hydrogens (tertiary/aromatic N) is 2. The summed E-state index contributed by atoms with van der Waals surface area (Å²) in [6.07, 6.45) is 2.76. The van der Waals surface area contributed by atoms with Crippen LogP contribution in [0.5, 0.6) is 0 Å². The van der Waals surface area contributed by atoms with Gasteiger partial charge < -0.3 is 16.0 Å². The summed E-state index contributed by atoms with van der Waals surface area (Å²) in [5.74, 6) is -1.05. The van der Waals surface area contributed by atoms with Crippen molar-refractivity contribution in [3.8, 4) is 0 Å². The Bertz CT molecular complexity index is 914. The lowest BCUT2D eigenvalue weighted by molar-refractivity contribution is -0.139. The molecular formula is C22H32N4O5S. The van der Waals surface area contributed by atoms with Gasteiger partial charge in [-0.2, -0.15) is 4.31 Å². The number of sulfonamides is 1. The Morgan fingerprint density at radius 2 is 1.62 bits per heavy atom. The van der Waals surface area contributed by atoms with Crippen molar-refractivity contribution in [3.05, 3.63) is 30.3 Å². The molecule has 32 heavy (non-hydrogen) atoms. The van der Waals surface area contributed by atoms with E-state index >= 15 is 0 Å². The van der Waals surface area contributed by atoms with Gasteiger partial charge in [-0.1, -0.05) is 18.2 Å². The maximum atomic E-state index is 13.1. The van der Waals surface area contributed by atoms with Crippen LogP contribution in [0.15, 0.2) is 35.2 Å². The second kappa shape index (κ2) is 10.9. The fourth-order valence-electron chi connectivity index (χ4n) is 4.34. The van der Waals surface area contributed by atoms with E-state index in [-0.39, 0.29) is 54.0 Å². The first-order chi connectivity index (χ1) is 15.3. The molecule has 3 amide bonds. The van der Waals surface area contributed by atoms with Crippen molar-refractivity contribution in [2.45, 2.75) is 43.4 Å². The highest BCUT2D eigenvalue weighted by molar-refractivity contribution is 7.89. The molecule has 2 aliphatic heterocycles. The molecule has 2 heterocycles. The van der Waals surface area contributed by atoms with Crippen molar-refractivity contribution in [2.75, 3.05) is 32.7 Å². The van der Waals surface area contributed by atoms with E-state index < -0.39 is 10.0 Å². The molecule has 9 nitrogen and oxygen atoms in total. The van der Waals surface area contributed by atoms with Crippen LogP contribution in [-0.2, 0) is 24.4 Å². The van der Waals surface area contributed by atoms with E-state index in [0.29, 0.717) is 51.7 Å². The van der Waals surface area contributed by atoms with Crippen LogP contribution in [0, 0.1) is 11.8 Å². The molecule has 2 aliphatic rings. The molecule has 1 unspecified atom stereocenters. The van der Waals surface area contributed by atoms with Crippen LogP contribution in [0.25, 0.3) is 0 Å². The van der Waals surface area contributed by atoms with E-state index in [4.69, 9.17) is 5.73 Å². The number of benzene rings is 1. The molecule has 0 bridgehead atoms. The number of nitrogens with one attached hydrogen (secondary N) is 1. The normalized spacial score (nSPS) is 22.6. The standard InChI is InChI=1S/C22H32N4O5S/c23-21(28)17-9-14-25(15-10-17)22(29)18-5-4-13-26(16-11-20(27)24-12-8-18)32(30,31)19-6-2-1-3-7-19/h1-3,6-7,17-18H,4-5,8-16H2,(H2,23,28)(H,24,27). The van der Waals surface area contributed by atoms with Gasteiger partial charge in [-0.15, -0.1) is 0 Å². The van der Waals surface area contributed by atoms with Gasteiger partial charge in [0.2, 0.25) is 27.7 Å². The Hall–Kier alpha value is -2.46. The molecule has 2 fully saturated rings. The summed E-state index contributed by atoms with van der Waals surface area (Å²) >= 11 is 0. The average Bonchev–Trinajstić information content (AvgIpc) is 2.84. The third-order valence-corrected chi connectivity index (χ3v) is 8.22. The summed E-state index contributed by atoms with van der Waals surface area (Å²) in [6.45, 7) is 1.70. The second-order valence-corrected chi connectivity index (χ2v) is 10.4. The van der Waals surface area contributed by atoms with Crippen molar-refractivity contribution in [1.29, 1.82) is 0 Å². The van der Waals surface area contributed by atoms with Crippen LogP contribution < -0.4 is 11.1 Å². The first-order valence-electron chi connectivity index (χ1n) is 11.2. The smallest absolute Gasteiger partial charge is 0.243 e. The zero-order valence-electron chi connectivity index (χ0n) is 18.2.